The summed E-state index contributed by atoms with van der Waals surface area (Å²) in [5, 5.41) is 22.7. The van der Waals surface area contributed by atoms with Crippen LogP contribution in [0.5, 0.6) is 0 Å². The summed E-state index contributed by atoms with van der Waals surface area (Å²) in [7, 11) is 0. The average molecular weight is 168 g/mol. The van der Waals surface area contributed by atoms with E-state index < -0.39 is 6.10 Å². The molecule has 0 aliphatic heterocycles. The van der Waals surface area contributed by atoms with Crippen molar-refractivity contribution in [3.63, 3.8) is 0 Å². The van der Waals surface area contributed by atoms with Crippen LogP contribution in [0.2, 0.25) is 0 Å². The van der Waals surface area contributed by atoms with Crippen molar-refractivity contribution >= 4 is 0 Å². The highest BCUT2D eigenvalue weighted by molar-refractivity contribution is 4.86. The first-order chi connectivity index (χ1) is 5.86. The lowest BCUT2D eigenvalue weighted by atomic mass is 9.81. The molecule has 1 heterocycles. The van der Waals surface area contributed by atoms with Gasteiger partial charge in [-0.25, -0.2) is 0 Å². The summed E-state index contributed by atoms with van der Waals surface area (Å²) in [6.07, 6.45) is 4.00. The number of aliphatic hydroxyl groups excluding tert-OH is 1. The molecule has 1 aliphatic carbocycles. The normalized spacial score (nSPS) is 20.4. The van der Waals surface area contributed by atoms with Crippen molar-refractivity contribution in [1.29, 1.82) is 0 Å². The van der Waals surface area contributed by atoms with Gasteiger partial charge in [-0.15, -0.1) is 10.2 Å². The van der Waals surface area contributed by atoms with Crippen LogP contribution in [0.25, 0.3) is 0 Å². The van der Waals surface area contributed by atoms with Crippen molar-refractivity contribution < 1.29 is 5.11 Å². The van der Waals surface area contributed by atoms with Crippen LogP contribution in [0.4, 0.5) is 0 Å². The van der Waals surface area contributed by atoms with Gasteiger partial charge in [0.2, 0.25) is 5.82 Å². The monoisotopic (exact) mass is 168 g/mol. The molecule has 1 fully saturated rings. The molecule has 1 aromatic heterocycles. The van der Waals surface area contributed by atoms with Crippen LogP contribution in [-0.2, 0) is 0 Å². The van der Waals surface area contributed by atoms with Crippen LogP contribution >= 0.6 is 0 Å². The molecule has 66 valence electrons. The van der Waals surface area contributed by atoms with E-state index in [1.54, 1.807) is 0 Å². The fourth-order valence-electron chi connectivity index (χ4n) is 1.46. The molecule has 0 spiro atoms. The Bertz CT molecular complexity index is 232. The molecule has 5 heteroatoms. The number of nitrogens with zero attached hydrogens (tertiary/aromatic N) is 3. The molecule has 0 aromatic carbocycles. The third-order valence-electron chi connectivity index (χ3n) is 2.44. The van der Waals surface area contributed by atoms with Gasteiger partial charge in [-0.2, -0.15) is 5.21 Å². The standard InChI is InChI=1S/C7H12N4O/c12-6(4-5-2-1-3-5)7-8-10-11-9-7/h5-6,12H,1-4H2,(H,8,9,10,11). The third kappa shape index (κ3) is 1.45. The van der Waals surface area contributed by atoms with E-state index in [0.717, 1.165) is 6.42 Å². The maximum atomic E-state index is 9.56. The molecule has 0 bridgehead atoms. The smallest absolute Gasteiger partial charge is 0.202 e. The number of aliphatic hydroxyl groups is 1. The predicted octanol–water partition coefficient (Wildman–Crippen LogP) is 0.423. The second-order valence-corrected chi connectivity index (χ2v) is 3.32. The minimum Gasteiger partial charge on any atom is -0.385 e. The molecular weight excluding hydrogens is 156 g/mol. The Hall–Kier alpha value is -0.970. The van der Waals surface area contributed by atoms with Crippen LogP contribution in [0.1, 0.15) is 37.6 Å². The summed E-state index contributed by atoms with van der Waals surface area (Å²) in [4.78, 5) is 0. The highest BCUT2D eigenvalue weighted by Crippen LogP contribution is 2.33. The van der Waals surface area contributed by atoms with E-state index in [4.69, 9.17) is 0 Å². The minimum atomic E-state index is -0.533. The highest BCUT2D eigenvalue weighted by Gasteiger charge is 2.23. The number of nitrogens with one attached hydrogen (secondary N) is 1. The van der Waals surface area contributed by atoms with E-state index in [-0.39, 0.29) is 0 Å². The number of tetrazole rings is 1. The number of aromatic amines is 1. The van der Waals surface area contributed by atoms with E-state index in [0.29, 0.717) is 11.7 Å². The Morgan fingerprint density at radius 1 is 1.58 bits per heavy atom. The average Bonchev–Trinajstić information content (AvgIpc) is 2.47. The topological polar surface area (TPSA) is 74.7 Å². The predicted molar refractivity (Wildman–Crippen MR) is 41.1 cm³/mol. The van der Waals surface area contributed by atoms with Gasteiger partial charge in [0.05, 0.1) is 0 Å². The van der Waals surface area contributed by atoms with Gasteiger partial charge in [0, 0.05) is 0 Å². The van der Waals surface area contributed by atoms with Gasteiger partial charge in [0.15, 0.2) is 0 Å². The molecule has 2 rings (SSSR count). The Morgan fingerprint density at radius 3 is 2.92 bits per heavy atom. The molecule has 0 radical (unpaired) electrons. The van der Waals surface area contributed by atoms with Crippen LogP contribution in [0, 0.1) is 5.92 Å². The summed E-state index contributed by atoms with van der Waals surface area (Å²) in [5.74, 6) is 1.08. The number of rotatable bonds is 3. The van der Waals surface area contributed by atoms with Gasteiger partial charge in [-0.3, -0.25) is 0 Å². The maximum absolute atomic E-state index is 9.56. The highest BCUT2D eigenvalue weighted by atomic mass is 16.3. The SMILES string of the molecule is OC(CC1CCC1)c1nn[nH]n1. The Morgan fingerprint density at radius 2 is 2.42 bits per heavy atom. The largest absolute Gasteiger partial charge is 0.385 e. The van der Waals surface area contributed by atoms with Crippen LogP contribution in [-0.4, -0.2) is 25.7 Å². The third-order valence-corrected chi connectivity index (χ3v) is 2.44. The fourth-order valence-corrected chi connectivity index (χ4v) is 1.46. The summed E-state index contributed by atoms with van der Waals surface area (Å²) < 4.78 is 0. The van der Waals surface area contributed by atoms with Crippen molar-refractivity contribution in [2.24, 2.45) is 5.92 Å². The van der Waals surface area contributed by atoms with Gasteiger partial charge in [-0.05, 0) is 12.3 Å². The van der Waals surface area contributed by atoms with Crippen LogP contribution in [0.3, 0.4) is 0 Å². The molecule has 1 aliphatic rings. The van der Waals surface area contributed by atoms with E-state index >= 15 is 0 Å². The molecule has 0 amide bonds. The van der Waals surface area contributed by atoms with Gasteiger partial charge >= 0.3 is 0 Å². The first kappa shape index (κ1) is 7.67. The van der Waals surface area contributed by atoms with Gasteiger partial charge in [0.25, 0.3) is 0 Å². The zero-order valence-corrected chi connectivity index (χ0v) is 6.77. The quantitative estimate of drug-likeness (QED) is 0.686. The zero-order valence-electron chi connectivity index (χ0n) is 6.77. The summed E-state index contributed by atoms with van der Waals surface area (Å²) >= 11 is 0. The lowest BCUT2D eigenvalue weighted by molar-refractivity contribution is 0.111. The van der Waals surface area contributed by atoms with E-state index in [1.165, 1.54) is 19.3 Å². The molecule has 1 aromatic rings. The molecule has 5 nitrogen and oxygen atoms in total. The second kappa shape index (κ2) is 3.18. The Labute approximate surface area is 70.2 Å². The van der Waals surface area contributed by atoms with Crippen molar-refractivity contribution in [3.8, 4) is 0 Å². The van der Waals surface area contributed by atoms with Gasteiger partial charge < -0.3 is 5.11 Å². The molecule has 1 unspecified atom stereocenters. The maximum Gasteiger partial charge on any atom is 0.202 e. The summed E-state index contributed by atoms with van der Waals surface area (Å²) in [5.41, 5.74) is 0. The Kier molecular flexibility index (Phi) is 2.03. The molecular formula is C7H12N4O. The van der Waals surface area contributed by atoms with Crippen LogP contribution in [0.15, 0.2) is 0 Å². The summed E-state index contributed by atoms with van der Waals surface area (Å²) in [6.45, 7) is 0. The zero-order chi connectivity index (χ0) is 8.39. The minimum absolute atomic E-state index is 0.418. The van der Waals surface area contributed by atoms with Gasteiger partial charge in [-0.1, -0.05) is 24.5 Å². The first-order valence-electron chi connectivity index (χ1n) is 4.27. The number of H-pyrrole nitrogens is 1. The second-order valence-electron chi connectivity index (χ2n) is 3.32. The van der Waals surface area contributed by atoms with Crippen molar-refractivity contribution in [2.75, 3.05) is 0 Å². The van der Waals surface area contributed by atoms with E-state index in [2.05, 4.69) is 20.6 Å². The van der Waals surface area contributed by atoms with Crippen molar-refractivity contribution in [3.05, 3.63) is 5.82 Å². The molecule has 1 saturated carbocycles. The lowest BCUT2D eigenvalue weighted by Crippen LogP contribution is -2.15. The number of aromatic nitrogens is 4. The number of hydrogen-bond acceptors (Lipinski definition) is 4. The van der Waals surface area contributed by atoms with Crippen molar-refractivity contribution in [2.45, 2.75) is 31.8 Å². The number of hydrogen-bond donors (Lipinski definition) is 2. The molecule has 2 N–H and O–H groups in total. The van der Waals surface area contributed by atoms with Crippen molar-refractivity contribution in [1.82, 2.24) is 20.6 Å². The van der Waals surface area contributed by atoms with Gasteiger partial charge in [0.1, 0.15) is 6.10 Å². The lowest BCUT2D eigenvalue weighted by Gasteiger charge is -2.26. The van der Waals surface area contributed by atoms with E-state index in [9.17, 15) is 5.11 Å². The molecule has 12 heavy (non-hydrogen) atoms. The molecule has 1 atom stereocenters. The fraction of sp³-hybridized carbons (Fsp3) is 0.857. The first-order valence-corrected chi connectivity index (χ1v) is 4.27. The van der Waals surface area contributed by atoms with E-state index in [1.807, 2.05) is 0 Å². The summed E-state index contributed by atoms with van der Waals surface area (Å²) in [6, 6.07) is 0. The Balaban J connectivity index is 1.87. The molecule has 0 saturated heterocycles. The van der Waals surface area contributed by atoms with Crippen LogP contribution < -0.4 is 0 Å².